The second-order valence-corrected chi connectivity index (χ2v) is 6.00. The van der Waals surface area contributed by atoms with Gasteiger partial charge in [-0.15, -0.1) is 0 Å². The molecule has 2 aromatic carbocycles. The summed E-state index contributed by atoms with van der Waals surface area (Å²) >= 11 is 0. The van der Waals surface area contributed by atoms with Crippen LogP contribution in [0.2, 0.25) is 0 Å². The Morgan fingerprint density at radius 1 is 0.708 bits per heavy atom. The van der Waals surface area contributed by atoms with Gasteiger partial charge in [0.05, 0.1) is 0 Å². The van der Waals surface area contributed by atoms with Crippen LogP contribution in [-0.2, 0) is 0 Å². The number of hydrogen-bond acceptors (Lipinski definition) is 4. The molecule has 0 atom stereocenters. The highest BCUT2D eigenvalue weighted by Crippen LogP contribution is 2.37. The summed E-state index contributed by atoms with van der Waals surface area (Å²) in [6.45, 7) is 2.23. The van der Waals surface area contributed by atoms with Crippen molar-refractivity contribution < 1.29 is 19.2 Å². The van der Waals surface area contributed by atoms with Crippen molar-refractivity contribution in [3.05, 3.63) is 46.5 Å². The summed E-state index contributed by atoms with van der Waals surface area (Å²) in [4.78, 5) is 52.4. The zero-order valence-corrected chi connectivity index (χ0v) is 13.3. The van der Waals surface area contributed by atoms with E-state index in [1.54, 1.807) is 24.3 Å². The first-order valence-corrected chi connectivity index (χ1v) is 7.75. The van der Waals surface area contributed by atoms with E-state index in [-0.39, 0.29) is 11.8 Å². The molecule has 0 aliphatic carbocycles. The summed E-state index contributed by atoms with van der Waals surface area (Å²) in [6.07, 6.45) is 0.661. The fourth-order valence-electron chi connectivity index (χ4n) is 3.47. The molecule has 2 aromatic rings. The lowest BCUT2D eigenvalue weighted by atomic mass is 9.86. The van der Waals surface area contributed by atoms with E-state index >= 15 is 0 Å². The van der Waals surface area contributed by atoms with E-state index in [0.717, 1.165) is 4.90 Å². The number of amides is 4. The highest BCUT2D eigenvalue weighted by atomic mass is 16.2. The van der Waals surface area contributed by atoms with Crippen LogP contribution in [0.3, 0.4) is 0 Å². The molecule has 4 amide bonds. The summed E-state index contributed by atoms with van der Waals surface area (Å²) in [5, 5.41) is 0.832. The van der Waals surface area contributed by atoms with Crippen LogP contribution in [-0.4, -0.2) is 47.0 Å². The van der Waals surface area contributed by atoms with E-state index < -0.39 is 11.8 Å². The van der Waals surface area contributed by atoms with Gasteiger partial charge in [0.25, 0.3) is 23.6 Å². The van der Waals surface area contributed by atoms with Gasteiger partial charge in [0.2, 0.25) is 0 Å². The summed E-state index contributed by atoms with van der Waals surface area (Å²) in [5.74, 6) is -1.60. The van der Waals surface area contributed by atoms with Crippen LogP contribution in [0.15, 0.2) is 24.3 Å². The Morgan fingerprint density at radius 3 is 1.46 bits per heavy atom. The minimum Gasteiger partial charge on any atom is -0.277 e. The fraction of sp³-hybridized carbons (Fsp3) is 0.222. The van der Waals surface area contributed by atoms with E-state index in [1.165, 1.54) is 11.9 Å². The van der Waals surface area contributed by atoms with E-state index in [9.17, 15) is 19.2 Å². The number of hydrogen-bond donors (Lipinski definition) is 0. The lowest BCUT2D eigenvalue weighted by molar-refractivity contribution is 0.0601. The smallest absolute Gasteiger partial charge is 0.261 e. The van der Waals surface area contributed by atoms with Gasteiger partial charge in [-0.2, -0.15) is 0 Å². The van der Waals surface area contributed by atoms with Crippen molar-refractivity contribution >= 4 is 34.4 Å². The normalized spacial score (nSPS) is 16.4. The fourth-order valence-corrected chi connectivity index (χ4v) is 3.47. The third-order valence-corrected chi connectivity index (χ3v) is 4.63. The van der Waals surface area contributed by atoms with Crippen LogP contribution in [0.4, 0.5) is 0 Å². The molecule has 0 N–H and O–H groups in total. The Labute approximate surface area is 137 Å². The van der Waals surface area contributed by atoms with Gasteiger partial charge in [-0.05, 0) is 30.7 Å². The molecule has 0 fully saturated rings. The Bertz CT molecular complexity index is 906. The molecule has 0 unspecified atom stereocenters. The predicted molar refractivity (Wildman–Crippen MR) is 86.0 cm³/mol. The second kappa shape index (κ2) is 4.74. The van der Waals surface area contributed by atoms with Crippen LogP contribution in [0.1, 0.15) is 54.8 Å². The maximum Gasteiger partial charge on any atom is 0.261 e. The van der Waals surface area contributed by atoms with Crippen LogP contribution in [0, 0.1) is 0 Å². The molecule has 0 saturated heterocycles. The Hall–Kier alpha value is -3.02. The van der Waals surface area contributed by atoms with Crippen molar-refractivity contribution in [2.24, 2.45) is 0 Å². The van der Waals surface area contributed by atoms with E-state index in [0.29, 0.717) is 46.0 Å². The molecule has 120 valence electrons. The van der Waals surface area contributed by atoms with Crippen LogP contribution >= 0.6 is 0 Å². The Balaban J connectivity index is 2.11. The van der Waals surface area contributed by atoms with Crippen molar-refractivity contribution in [3.63, 3.8) is 0 Å². The maximum absolute atomic E-state index is 12.7. The van der Waals surface area contributed by atoms with E-state index in [1.807, 2.05) is 6.92 Å². The molecule has 24 heavy (non-hydrogen) atoms. The lowest BCUT2D eigenvalue weighted by Gasteiger charge is -2.30. The third-order valence-electron chi connectivity index (χ3n) is 4.63. The molecule has 0 spiro atoms. The van der Waals surface area contributed by atoms with Gasteiger partial charge in [0.15, 0.2) is 0 Å². The molecule has 0 bridgehead atoms. The molecule has 6 heteroatoms. The van der Waals surface area contributed by atoms with Crippen molar-refractivity contribution in [3.8, 4) is 0 Å². The molecule has 2 aliphatic heterocycles. The number of rotatable bonds is 2. The van der Waals surface area contributed by atoms with Gasteiger partial charge in [-0.25, -0.2) is 0 Å². The van der Waals surface area contributed by atoms with Crippen LogP contribution in [0.5, 0.6) is 0 Å². The zero-order valence-electron chi connectivity index (χ0n) is 13.3. The number of nitrogens with zero attached hydrogens (tertiary/aromatic N) is 2. The zero-order chi connectivity index (χ0) is 17.2. The van der Waals surface area contributed by atoms with Crippen LogP contribution in [0.25, 0.3) is 10.8 Å². The molecule has 6 nitrogen and oxygen atoms in total. The molecular formula is C18H14N2O4. The molecule has 4 rings (SSSR count). The van der Waals surface area contributed by atoms with E-state index in [2.05, 4.69) is 0 Å². The van der Waals surface area contributed by atoms with Gasteiger partial charge < -0.3 is 0 Å². The molecular weight excluding hydrogens is 308 g/mol. The molecule has 0 aromatic heterocycles. The third kappa shape index (κ3) is 1.60. The Morgan fingerprint density at radius 2 is 1.08 bits per heavy atom. The van der Waals surface area contributed by atoms with Gasteiger partial charge >= 0.3 is 0 Å². The lowest BCUT2D eigenvalue weighted by Crippen LogP contribution is -2.42. The number of carbonyl (C=O) groups excluding carboxylic acids is 4. The monoisotopic (exact) mass is 322 g/mol. The van der Waals surface area contributed by atoms with Gasteiger partial charge in [-0.1, -0.05) is 6.92 Å². The van der Waals surface area contributed by atoms with E-state index in [4.69, 9.17) is 0 Å². The first-order valence-electron chi connectivity index (χ1n) is 7.75. The quantitative estimate of drug-likeness (QED) is 0.793. The minimum atomic E-state index is -0.424. The topological polar surface area (TPSA) is 74.8 Å². The van der Waals surface area contributed by atoms with Crippen molar-refractivity contribution in [2.75, 3.05) is 13.6 Å². The van der Waals surface area contributed by atoms with Crippen molar-refractivity contribution in [1.29, 1.82) is 0 Å². The van der Waals surface area contributed by atoms with Gasteiger partial charge in [0, 0.05) is 46.6 Å². The second-order valence-electron chi connectivity index (χ2n) is 6.00. The molecule has 0 radical (unpaired) electrons. The van der Waals surface area contributed by atoms with Crippen molar-refractivity contribution in [2.45, 2.75) is 13.3 Å². The van der Waals surface area contributed by atoms with Crippen molar-refractivity contribution in [1.82, 2.24) is 9.80 Å². The minimum absolute atomic E-state index is 0.336. The molecule has 2 heterocycles. The van der Waals surface area contributed by atoms with Gasteiger partial charge in [-0.3, -0.25) is 29.0 Å². The SMILES string of the molecule is CCCN1C(=O)c2ccc3c4c(ccc(c24)C1=O)C(=O)N(C)C3=O. The average molecular weight is 322 g/mol. The Kier molecular flexibility index (Phi) is 2.87. The number of imide groups is 2. The summed E-state index contributed by atoms with van der Waals surface area (Å²) in [7, 11) is 1.42. The summed E-state index contributed by atoms with van der Waals surface area (Å²) in [6, 6.07) is 6.27. The summed E-state index contributed by atoms with van der Waals surface area (Å²) < 4.78 is 0. The van der Waals surface area contributed by atoms with Crippen LogP contribution < -0.4 is 0 Å². The maximum atomic E-state index is 12.7. The molecule has 2 aliphatic rings. The van der Waals surface area contributed by atoms with Gasteiger partial charge in [0.1, 0.15) is 0 Å². The molecule has 0 saturated carbocycles. The average Bonchev–Trinajstić information content (AvgIpc) is 2.59. The summed E-state index contributed by atoms with van der Waals surface area (Å²) in [5.41, 5.74) is 1.42. The first kappa shape index (κ1) is 14.6. The number of carbonyl (C=O) groups is 4. The predicted octanol–water partition coefficient (Wildman–Crippen LogP) is 2.07. The highest BCUT2D eigenvalue weighted by Gasteiger charge is 2.38. The highest BCUT2D eigenvalue weighted by molar-refractivity contribution is 6.33. The number of benzene rings is 2. The largest absolute Gasteiger partial charge is 0.277 e. The standard InChI is InChI=1S/C18H14N2O4/c1-3-8-20-17(23)11-6-4-9-13-10(16(22)19(2)15(9)21)5-7-12(14(11)13)18(20)24/h4-7H,3,8H2,1-2H3. The first-order chi connectivity index (χ1) is 11.5.